The Hall–Kier alpha value is -0.535. The second-order valence-electron chi connectivity index (χ2n) is 8.97. The van der Waals surface area contributed by atoms with E-state index < -0.39 is 0 Å². The van der Waals surface area contributed by atoms with Gasteiger partial charge in [0, 0.05) is 32.8 Å². The minimum atomic E-state index is -0.308. The Labute approximate surface area is 197 Å². The van der Waals surface area contributed by atoms with Crippen LogP contribution in [0.3, 0.4) is 0 Å². The molecule has 0 N–H and O–H groups in total. The van der Waals surface area contributed by atoms with E-state index >= 15 is 0 Å². The van der Waals surface area contributed by atoms with Crippen molar-refractivity contribution >= 4 is 52.0 Å². The summed E-state index contributed by atoms with van der Waals surface area (Å²) in [6, 6.07) is 8.24. The van der Waals surface area contributed by atoms with Crippen LogP contribution in [-0.4, -0.2) is 38.8 Å². The van der Waals surface area contributed by atoms with Gasteiger partial charge >= 0.3 is 7.12 Å². The average molecular weight is 507 g/mol. The van der Waals surface area contributed by atoms with Gasteiger partial charge < -0.3 is 9.31 Å². The van der Waals surface area contributed by atoms with Crippen LogP contribution in [-0.2, 0) is 9.31 Å². The van der Waals surface area contributed by atoms with Gasteiger partial charge in [-0.05, 0) is 87.5 Å². The molecular formula is C22H28BBrN2O2S2. The van der Waals surface area contributed by atoms with Crippen molar-refractivity contribution < 1.29 is 9.31 Å². The Kier molecular flexibility index (Phi) is 6.90. The van der Waals surface area contributed by atoms with Crippen LogP contribution in [0.25, 0.3) is 0 Å². The fraction of sp³-hybridized carbons (Fsp3) is 0.545. The molecule has 0 bridgehead atoms. The molecule has 160 valence electrons. The number of nitrogens with zero attached hydrogens (tertiary/aromatic N) is 2. The minimum Gasteiger partial charge on any atom is -0.399 e. The molecule has 0 aromatic carbocycles. The molecule has 2 aromatic heterocycles. The van der Waals surface area contributed by atoms with Crippen molar-refractivity contribution in [1.29, 1.82) is 0 Å². The molecular weight excluding hydrogens is 479 g/mol. The Morgan fingerprint density at radius 3 is 1.73 bits per heavy atom. The van der Waals surface area contributed by atoms with Gasteiger partial charge in [0.05, 0.1) is 21.3 Å². The zero-order valence-corrected chi connectivity index (χ0v) is 21.1. The van der Waals surface area contributed by atoms with E-state index in [-0.39, 0.29) is 18.3 Å². The predicted molar refractivity (Wildman–Crippen MR) is 130 cm³/mol. The first kappa shape index (κ1) is 22.7. The third-order valence-corrected chi connectivity index (χ3v) is 8.65. The zero-order chi connectivity index (χ0) is 21.4. The van der Waals surface area contributed by atoms with Gasteiger partial charge in [-0.1, -0.05) is 6.07 Å². The Balaban J connectivity index is 0.000000168. The van der Waals surface area contributed by atoms with E-state index in [4.69, 9.17) is 9.31 Å². The molecule has 2 aliphatic carbocycles. The van der Waals surface area contributed by atoms with E-state index in [1.54, 1.807) is 0 Å². The highest BCUT2D eigenvalue weighted by molar-refractivity contribution is 9.10. The van der Waals surface area contributed by atoms with Crippen molar-refractivity contribution in [2.24, 2.45) is 0 Å². The van der Waals surface area contributed by atoms with E-state index in [9.17, 15) is 0 Å². The molecule has 1 aliphatic heterocycles. The summed E-state index contributed by atoms with van der Waals surface area (Å²) in [6.45, 7) is 8.27. The molecule has 0 radical (unpaired) electrons. The molecule has 2 saturated carbocycles. The fourth-order valence-electron chi connectivity index (χ4n) is 2.73. The number of pyridine rings is 2. The number of hydrogen-bond donors (Lipinski definition) is 0. The highest BCUT2D eigenvalue weighted by Gasteiger charge is 2.51. The highest BCUT2D eigenvalue weighted by Crippen LogP contribution is 2.39. The number of rotatable bonds is 5. The summed E-state index contributed by atoms with van der Waals surface area (Å²) in [4.78, 5) is 8.78. The highest BCUT2D eigenvalue weighted by atomic mass is 79.9. The predicted octanol–water partition coefficient (Wildman–Crippen LogP) is 5.73. The van der Waals surface area contributed by atoms with Gasteiger partial charge in [-0.2, -0.15) is 0 Å². The van der Waals surface area contributed by atoms with Gasteiger partial charge in [0.1, 0.15) is 0 Å². The van der Waals surface area contributed by atoms with Crippen molar-refractivity contribution in [2.75, 3.05) is 0 Å². The molecule has 30 heavy (non-hydrogen) atoms. The largest absolute Gasteiger partial charge is 0.496 e. The van der Waals surface area contributed by atoms with Crippen LogP contribution in [0.1, 0.15) is 53.4 Å². The second kappa shape index (κ2) is 9.14. The minimum absolute atomic E-state index is 0.293. The molecule has 3 fully saturated rings. The monoisotopic (exact) mass is 506 g/mol. The van der Waals surface area contributed by atoms with Crippen LogP contribution in [0.5, 0.6) is 0 Å². The smallest absolute Gasteiger partial charge is 0.399 e. The summed E-state index contributed by atoms with van der Waals surface area (Å²) in [5.41, 5.74) is 0.414. The van der Waals surface area contributed by atoms with Crippen LogP contribution >= 0.6 is 39.5 Å². The lowest BCUT2D eigenvalue weighted by molar-refractivity contribution is 0.00578. The standard InChI is InChI=1S/C14H20BNO2S.C8H8BrNS/c1-13(2)14(3,4)18-15(17-13)10-5-8-12(16-9-10)19-11-6-7-11;9-6-1-4-8(10-5-6)11-7-2-3-7/h5,8-9,11H,6-7H2,1-4H3;1,4-5,7H,2-3H2. The van der Waals surface area contributed by atoms with Crippen molar-refractivity contribution in [3.05, 3.63) is 41.1 Å². The Morgan fingerprint density at radius 1 is 0.833 bits per heavy atom. The molecule has 0 spiro atoms. The molecule has 5 rings (SSSR count). The molecule has 0 amide bonds. The number of hydrogen-bond acceptors (Lipinski definition) is 6. The van der Waals surface area contributed by atoms with Crippen molar-refractivity contribution in [3.8, 4) is 0 Å². The molecule has 0 atom stereocenters. The fourth-order valence-corrected chi connectivity index (χ4v) is 4.91. The second-order valence-corrected chi connectivity index (χ2v) is 12.5. The van der Waals surface area contributed by atoms with Crippen LogP contribution in [0.15, 0.2) is 51.2 Å². The quantitative estimate of drug-likeness (QED) is 0.482. The average Bonchev–Trinajstić information content (AvgIpc) is 3.60. The first-order valence-electron chi connectivity index (χ1n) is 10.5. The third kappa shape index (κ3) is 6.03. The summed E-state index contributed by atoms with van der Waals surface area (Å²) < 4.78 is 13.1. The molecule has 2 aromatic rings. The van der Waals surface area contributed by atoms with E-state index in [2.05, 4.69) is 71.8 Å². The van der Waals surface area contributed by atoms with Gasteiger partial charge in [0.15, 0.2) is 0 Å². The van der Waals surface area contributed by atoms with E-state index in [1.165, 1.54) is 25.7 Å². The molecule has 0 unspecified atom stereocenters. The topological polar surface area (TPSA) is 44.2 Å². The van der Waals surface area contributed by atoms with Crippen molar-refractivity contribution in [1.82, 2.24) is 9.97 Å². The maximum atomic E-state index is 6.01. The van der Waals surface area contributed by atoms with Gasteiger partial charge in [-0.3, -0.25) is 4.98 Å². The Morgan fingerprint density at radius 2 is 1.33 bits per heavy atom. The lowest BCUT2D eigenvalue weighted by Crippen LogP contribution is -2.41. The SMILES string of the molecule is Brc1ccc(SC2CC2)nc1.CC1(C)OB(c2ccc(SC3CC3)nc2)OC1(C)C. The number of halogens is 1. The van der Waals surface area contributed by atoms with E-state index in [0.29, 0.717) is 0 Å². The van der Waals surface area contributed by atoms with Crippen LogP contribution in [0.2, 0.25) is 0 Å². The first-order valence-corrected chi connectivity index (χ1v) is 13.0. The van der Waals surface area contributed by atoms with Crippen molar-refractivity contribution in [2.45, 2.75) is 85.1 Å². The van der Waals surface area contributed by atoms with Crippen LogP contribution < -0.4 is 5.46 Å². The lowest BCUT2D eigenvalue weighted by Gasteiger charge is -2.32. The molecule has 3 heterocycles. The number of aromatic nitrogens is 2. The first-order chi connectivity index (χ1) is 14.2. The normalized spacial score (nSPS) is 21.8. The van der Waals surface area contributed by atoms with Crippen LogP contribution in [0, 0.1) is 0 Å². The molecule has 8 heteroatoms. The maximum Gasteiger partial charge on any atom is 0.496 e. The Bertz CT molecular complexity index is 840. The summed E-state index contributed by atoms with van der Waals surface area (Å²) in [6.07, 6.45) is 9.11. The number of thioether (sulfide) groups is 2. The van der Waals surface area contributed by atoms with Gasteiger partial charge in [-0.25, -0.2) is 4.98 Å². The summed E-state index contributed by atoms with van der Waals surface area (Å²) >= 11 is 7.11. The molecule has 1 saturated heterocycles. The zero-order valence-electron chi connectivity index (χ0n) is 17.9. The van der Waals surface area contributed by atoms with E-state index in [1.807, 2.05) is 42.0 Å². The third-order valence-electron chi connectivity index (χ3n) is 5.61. The van der Waals surface area contributed by atoms with Crippen LogP contribution in [0.4, 0.5) is 0 Å². The molecule has 3 aliphatic rings. The summed E-state index contributed by atoms with van der Waals surface area (Å²) in [7, 11) is -0.308. The van der Waals surface area contributed by atoms with Gasteiger partial charge in [-0.15, -0.1) is 23.5 Å². The van der Waals surface area contributed by atoms with Gasteiger partial charge in [0.2, 0.25) is 0 Å². The van der Waals surface area contributed by atoms with Gasteiger partial charge in [0.25, 0.3) is 0 Å². The molecule has 4 nitrogen and oxygen atoms in total. The summed E-state index contributed by atoms with van der Waals surface area (Å²) in [5, 5.41) is 3.89. The maximum absolute atomic E-state index is 6.01. The summed E-state index contributed by atoms with van der Waals surface area (Å²) in [5.74, 6) is 0. The lowest BCUT2D eigenvalue weighted by atomic mass is 9.80. The van der Waals surface area contributed by atoms with E-state index in [0.717, 1.165) is 30.5 Å². The van der Waals surface area contributed by atoms with Crippen molar-refractivity contribution in [3.63, 3.8) is 0 Å².